The third-order valence-electron chi connectivity index (χ3n) is 5.22. The van der Waals surface area contributed by atoms with Gasteiger partial charge in [-0.1, -0.05) is 58.8 Å². The number of rotatable bonds is 11. The Bertz CT molecular complexity index is 395. The van der Waals surface area contributed by atoms with Crippen molar-refractivity contribution in [3.05, 3.63) is 0 Å². The van der Waals surface area contributed by atoms with Crippen LogP contribution < -0.4 is 0 Å². The maximum Gasteiger partial charge on any atom is 0.180 e. The Morgan fingerprint density at radius 2 is 1.65 bits per heavy atom. The average molecular weight is 338 g/mol. The summed E-state index contributed by atoms with van der Waals surface area (Å²) in [5.41, 5.74) is -0.455. The number of azo groups is 1. The Balaban J connectivity index is 2.55. The number of hydrogen-bond acceptors (Lipinski definition) is 4. The van der Waals surface area contributed by atoms with Crippen LogP contribution in [0.5, 0.6) is 0 Å². The largest absolute Gasteiger partial charge is 0.200 e. The maximum absolute atomic E-state index is 4.84. The summed E-state index contributed by atoms with van der Waals surface area (Å²) in [5.74, 6) is 0. The molecule has 0 amide bonds. The van der Waals surface area contributed by atoms with Crippen molar-refractivity contribution in [3.8, 4) is 0 Å². The zero-order chi connectivity index (χ0) is 17.0. The fourth-order valence-corrected chi connectivity index (χ4v) is 3.40. The zero-order valence-corrected chi connectivity index (χ0v) is 16.3. The van der Waals surface area contributed by atoms with Gasteiger partial charge in [0.05, 0.1) is 10.7 Å². The molecule has 0 saturated heterocycles. The van der Waals surface area contributed by atoms with E-state index in [-0.39, 0.29) is 5.54 Å². The van der Waals surface area contributed by atoms with E-state index in [0.717, 1.165) is 25.7 Å². The van der Waals surface area contributed by atoms with E-state index in [0.29, 0.717) is 0 Å². The zero-order valence-electron chi connectivity index (χ0n) is 15.4. The van der Waals surface area contributed by atoms with Crippen LogP contribution in [0.15, 0.2) is 15.2 Å². The molecule has 0 aliphatic heterocycles. The molecule has 132 valence electrons. The van der Waals surface area contributed by atoms with Crippen LogP contribution in [0.3, 0.4) is 0 Å². The molecule has 4 heteroatoms. The van der Waals surface area contributed by atoms with Gasteiger partial charge in [-0.2, -0.15) is 15.2 Å². The van der Waals surface area contributed by atoms with E-state index in [2.05, 4.69) is 30.9 Å². The lowest BCUT2D eigenvalue weighted by Gasteiger charge is -2.30. The number of hydrogen-bond donors (Lipinski definition) is 0. The van der Waals surface area contributed by atoms with Gasteiger partial charge in [0, 0.05) is 0 Å². The van der Waals surface area contributed by atoms with E-state index in [1.165, 1.54) is 57.8 Å². The number of aliphatic imine (C=N–C) groups is 1. The van der Waals surface area contributed by atoms with Crippen molar-refractivity contribution in [2.24, 2.45) is 15.2 Å². The highest BCUT2D eigenvalue weighted by Gasteiger charge is 2.32. The molecule has 1 atom stereocenters. The lowest BCUT2D eigenvalue weighted by molar-refractivity contribution is 0.275. The van der Waals surface area contributed by atoms with E-state index in [9.17, 15) is 0 Å². The minimum Gasteiger partial charge on any atom is -0.200 e. The molecule has 1 aliphatic rings. The van der Waals surface area contributed by atoms with Crippen molar-refractivity contribution >= 4 is 17.4 Å². The third kappa shape index (κ3) is 7.67. The minimum absolute atomic E-state index is 0.0494. The summed E-state index contributed by atoms with van der Waals surface area (Å²) in [5, 5.41) is 12.0. The van der Waals surface area contributed by atoms with Gasteiger partial charge in [0.25, 0.3) is 0 Å². The second kappa shape index (κ2) is 11.0. The van der Waals surface area contributed by atoms with Crippen molar-refractivity contribution in [2.75, 3.05) is 0 Å². The van der Waals surface area contributed by atoms with Crippen LogP contribution in [-0.2, 0) is 0 Å². The van der Waals surface area contributed by atoms with Crippen LogP contribution in [-0.4, -0.2) is 16.4 Å². The van der Waals surface area contributed by atoms with E-state index >= 15 is 0 Å². The van der Waals surface area contributed by atoms with Gasteiger partial charge in [-0.3, -0.25) is 0 Å². The van der Waals surface area contributed by atoms with Gasteiger partial charge in [0.2, 0.25) is 0 Å². The van der Waals surface area contributed by atoms with Gasteiger partial charge in [0.1, 0.15) is 0 Å². The van der Waals surface area contributed by atoms with E-state index in [4.69, 9.17) is 22.4 Å². The van der Waals surface area contributed by atoms with Gasteiger partial charge < -0.3 is 0 Å². The van der Waals surface area contributed by atoms with E-state index in [1.807, 2.05) is 0 Å². The molecule has 3 nitrogen and oxygen atoms in total. The van der Waals surface area contributed by atoms with Crippen molar-refractivity contribution in [2.45, 2.75) is 115 Å². The number of unbranched alkanes of at least 4 members (excludes halogenated alkanes) is 5. The molecule has 1 unspecified atom stereocenters. The van der Waals surface area contributed by atoms with Crippen LogP contribution >= 0.6 is 12.2 Å². The SMILES string of the molecule is CCCCCCCCC(C)(CC)/N=N/C1(N=C=S)CCCCC1. The molecule has 0 radical (unpaired) electrons. The van der Waals surface area contributed by atoms with Crippen molar-refractivity contribution in [3.63, 3.8) is 0 Å². The first-order chi connectivity index (χ1) is 11.1. The average Bonchev–Trinajstić information content (AvgIpc) is 2.57. The number of isothiocyanates is 1. The molecule has 0 aromatic heterocycles. The normalized spacial score (nSPS) is 20.1. The number of nitrogens with zero attached hydrogens (tertiary/aromatic N) is 3. The molecular weight excluding hydrogens is 302 g/mol. The topological polar surface area (TPSA) is 37.1 Å². The summed E-state index contributed by atoms with van der Waals surface area (Å²) in [6.07, 6.45) is 15.6. The Morgan fingerprint density at radius 3 is 2.26 bits per heavy atom. The molecule has 0 N–H and O–H groups in total. The summed E-state index contributed by atoms with van der Waals surface area (Å²) in [7, 11) is 0. The van der Waals surface area contributed by atoms with Crippen molar-refractivity contribution < 1.29 is 0 Å². The smallest absolute Gasteiger partial charge is 0.180 e. The Kier molecular flexibility index (Phi) is 9.81. The molecule has 0 aromatic carbocycles. The standard InChI is InChI=1S/C19H35N3S/c1-4-6-7-8-9-11-14-18(3,5-2)21-22-19(20-17-23)15-12-10-13-16-19/h4-16H2,1-3H3/b22-21+. The van der Waals surface area contributed by atoms with Gasteiger partial charge in [-0.25, -0.2) is 0 Å². The van der Waals surface area contributed by atoms with Crippen LogP contribution in [0.4, 0.5) is 0 Å². The first kappa shape index (κ1) is 20.4. The summed E-state index contributed by atoms with van der Waals surface area (Å²) < 4.78 is 0. The summed E-state index contributed by atoms with van der Waals surface area (Å²) in [6, 6.07) is 0. The van der Waals surface area contributed by atoms with Gasteiger partial charge >= 0.3 is 0 Å². The molecule has 1 fully saturated rings. The van der Waals surface area contributed by atoms with Gasteiger partial charge in [-0.15, -0.1) is 0 Å². The highest BCUT2D eigenvalue weighted by Crippen LogP contribution is 2.35. The van der Waals surface area contributed by atoms with Crippen molar-refractivity contribution in [1.82, 2.24) is 0 Å². The van der Waals surface area contributed by atoms with Crippen molar-refractivity contribution in [1.29, 1.82) is 0 Å². The molecular formula is C19H35N3S. The molecule has 1 rings (SSSR count). The Morgan fingerprint density at radius 1 is 1.00 bits per heavy atom. The molecule has 23 heavy (non-hydrogen) atoms. The van der Waals surface area contributed by atoms with E-state index < -0.39 is 5.66 Å². The van der Waals surface area contributed by atoms with Gasteiger partial charge in [-0.05, 0) is 57.7 Å². The molecule has 1 aliphatic carbocycles. The Labute approximate surface area is 148 Å². The maximum atomic E-state index is 4.84. The van der Waals surface area contributed by atoms with Gasteiger partial charge in [0.15, 0.2) is 5.66 Å². The highest BCUT2D eigenvalue weighted by molar-refractivity contribution is 7.78. The molecule has 0 aromatic rings. The molecule has 0 spiro atoms. The summed E-state index contributed by atoms with van der Waals surface area (Å²) in [6.45, 7) is 6.71. The highest BCUT2D eigenvalue weighted by atomic mass is 32.1. The summed E-state index contributed by atoms with van der Waals surface area (Å²) >= 11 is 4.84. The third-order valence-corrected chi connectivity index (χ3v) is 5.31. The molecule has 0 bridgehead atoms. The molecule has 0 heterocycles. The first-order valence-corrected chi connectivity index (χ1v) is 10.0. The molecule has 1 saturated carbocycles. The minimum atomic E-state index is -0.405. The van der Waals surface area contributed by atoms with Crippen LogP contribution in [0, 0.1) is 0 Å². The number of thiocarbonyl (C=S) groups is 1. The van der Waals surface area contributed by atoms with Crippen LogP contribution in [0.2, 0.25) is 0 Å². The quantitative estimate of drug-likeness (QED) is 0.171. The lowest BCUT2D eigenvalue weighted by atomic mass is 9.90. The van der Waals surface area contributed by atoms with Crippen LogP contribution in [0.25, 0.3) is 0 Å². The second-order valence-corrected chi connectivity index (χ2v) is 7.50. The predicted molar refractivity (Wildman–Crippen MR) is 102 cm³/mol. The predicted octanol–water partition coefficient (Wildman–Crippen LogP) is 7.12. The Hall–Kier alpha value is -0.600. The fraction of sp³-hybridized carbons (Fsp3) is 0.947. The second-order valence-electron chi connectivity index (χ2n) is 7.31. The first-order valence-electron chi connectivity index (χ1n) is 9.63. The van der Waals surface area contributed by atoms with E-state index in [1.54, 1.807) is 0 Å². The lowest BCUT2D eigenvalue weighted by Crippen LogP contribution is -2.28. The van der Waals surface area contributed by atoms with Crippen LogP contribution in [0.1, 0.15) is 104 Å². The monoisotopic (exact) mass is 337 g/mol. The summed E-state index contributed by atoms with van der Waals surface area (Å²) in [4.78, 5) is 4.39. The fourth-order valence-electron chi connectivity index (χ4n) is 3.23.